The van der Waals surface area contributed by atoms with Crippen LogP contribution in [0.3, 0.4) is 0 Å². The van der Waals surface area contributed by atoms with E-state index in [-0.39, 0.29) is 11.8 Å². The smallest absolute Gasteiger partial charge is 0.240 e. The molecule has 1 unspecified atom stereocenters. The Morgan fingerprint density at radius 1 is 1.22 bits per heavy atom. The summed E-state index contributed by atoms with van der Waals surface area (Å²) in [6.45, 7) is 8.47. The minimum absolute atomic E-state index is 0.134. The number of aromatic nitrogens is 2. The molecule has 1 aromatic heterocycles. The number of carbonyl (C=O) groups is 1. The van der Waals surface area contributed by atoms with E-state index < -0.39 is 0 Å². The van der Waals surface area contributed by atoms with Gasteiger partial charge in [-0.2, -0.15) is 4.98 Å². The van der Waals surface area contributed by atoms with Gasteiger partial charge in [-0.15, -0.1) is 0 Å². The molecule has 6 nitrogen and oxygen atoms in total. The molecule has 3 rings (SSSR count). The molecule has 1 aromatic rings. The summed E-state index contributed by atoms with van der Waals surface area (Å²) in [4.78, 5) is 21.5. The molecule has 0 N–H and O–H groups in total. The van der Waals surface area contributed by atoms with Crippen molar-refractivity contribution in [2.24, 2.45) is 5.92 Å². The average molecular weight is 320 g/mol. The molecule has 0 aliphatic carbocycles. The Morgan fingerprint density at radius 3 is 2.70 bits per heavy atom. The zero-order valence-electron chi connectivity index (χ0n) is 14.3. The van der Waals surface area contributed by atoms with Crippen LogP contribution in [0, 0.1) is 5.92 Å². The third-order valence-electron chi connectivity index (χ3n) is 4.88. The third-order valence-corrected chi connectivity index (χ3v) is 4.88. The van der Waals surface area contributed by atoms with Crippen molar-refractivity contribution in [3.63, 3.8) is 0 Å². The number of carbonyl (C=O) groups excluding carboxylic acids is 1. The van der Waals surface area contributed by atoms with Crippen molar-refractivity contribution >= 4 is 5.91 Å². The Hall–Kier alpha value is -1.43. The fraction of sp³-hybridized carbons (Fsp3) is 0.824. The van der Waals surface area contributed by atoms with Crippen LogP contribution in [0.25, 0.3) is 0 Å². The van der Waals surface area contributed by atoms with Gasteiger partial charge in [0.2, 0.25) is 11.8 Å². The predicted molar refractivity (Wildman–Crippen MR) is 86.8 cm³/mol. The van der Waals surface area contributed by atoms with Crippen LogP contribution in [0.1, 0.15) is 63.6 Å². The van der Waals surface area contributed by atoms with Gasteiger partial charge in [-0.3, -0.25) is 9.69 Å². The van der Waals surface area contributed by atoms with Crippen LogP contribution in [0.5, 0.6) is 0 Å². The van der Waals surface area contributed by atoms with Gasteiger partial charge in [0, 0.05) is 25.6 Å². The lowest BCUT2D eigenvalue weighted by atomic mass is 9.95. The summed E-state index contributed by atoms with van der Waals surface area (Å²) in [5.41, 5.74) is 0. The SMILES string of the molecule is CC(C)c1noc(CN2CCCC(C(=O)N3CCCCC3)C2)n1. The molecular weight excluding hydrogens is 292 g/mol. The predicted octanol–water partition coefficient (Wildman–Crippen LogP) is 2.42. The van der Waals surface area contributed by atoms with Gasteiger partial charge < -0.3 is 9.42 Å². The standard InChI is InChI=1S/C17H28N4O2/c1-13(2)16-18-15(23-19-16)12-20-8-6-7-14(11-20)17(22)21-9-4-3-5-10-21/h13-14H,3-12H2,1-2H3. The van der Waals surface area contributed by atoms with Crippen molar-refractivity contribution in [3.05, 3.63) is 11.7 Å². The second-order valence-electron chi connectivity index (χ2n) is 7.16. The number of nitrogens with zero attached hydrogens (tertiary/aromatic N) is 4. The molecule has 1 amide bonds. The zero-order chi connectivity index (χ0) is 16.2. The average Bonchev–Trinajstić information content (AvgIpc) is 3.04. The number of likely N-dealkylation sites (tertiary alicyclic amines) is 2. The molecule has 0 aromatic carbocycles. The number of hydrogen-bond donors (Lipinski definition) is 0. The van der Waals surface area contributed by atoms with E-state index in [4.69, 9.17) is 4.52 Å². The molecule has 2 fully saturated rings. The summed E-state index contributed by atoms with van der Waals surface area (Å²) in [7, 11) is 0. The maximum atomic E-state index is 12.7. The molecule has 3 heterocycles. The van der Waals surface area contributed by atoms with Crippen LogP contribution in [-0.4, -0.2) is 52.0 Å². The lowest BCUT2D eigenvalue weighted by molar-refractivity contribution is -0.138. The van der Waals surface area contributed by atoms with Crippen molar-refractivity contribution in [3.8, 4) is 0 Å². The number of rotatable bonds is 4. The fourth-order valence-corrected chi connectivity index (χ4v) is 3.53. The third kappa shape index (κ3) is 4.10. The van der Waals surface area contributed by atoms with Crippen molar-refractivity contribution in [1.82, 2.24) is 19.9 Å². The molecule has 2 saturated heterocycles. The minimum Gasteiger partial charge on any atom is -0.342 e. The first-order valence-corrected chi connectivity index (χ1v) is 8.97. The summed E-state index contributed by atoms with van der Waals surface area (Å²) in [6.07, 6.45) is 5.64. The molecule has 1 atom stereocenters. The summed E-state index contributed by atoms with van der Waals surface area (Å²) in [5, 5.41) is 4.02. The van der Waals surface area contributed by atoms with E-state index >= 15 is 0 Å². The second kappa shape index (κ2) is 7.43. The van der Waals surface area contributed by atoms with Crippen LogP contribution < -0.4 is 0 Å². The molecule has 6 heteroatoms. The quantitative estimate of drug-likeness (QED) is 0.852. The fourth-order valence-electron chi connectivity index (χ4n) is 3.53. The van der Waals surface area contributed by atoms with Gasteiger partial charge in [0.25, 0.3) is 0 Å². The lowest BCUT2D eigenvalue weighted by Crippen LogP contribution is -2.46. The van der Waals surface area contributed by atoms with Gasteiger partial charge in [0.1, 0.15) is 0 Å². The van der Waals surface area contributed by atoms with E-state index in [9.17, 15) is 4.79 Å². The van der Waals surface area contributed by atoms with Gasteiger partial charge in [-0.05, 0) is 38.6 Å². The van der Waals surface area contributed by atoms with E-state index in [2.05, 4.69) is 33.8 Å². The topological polar surface area (TPSA) is 62.5 Å². The first-order valence-electron chi connectivity index (χ1n) is 8.97. The van der Waals surface area contributed by atoms with Gasteiger partial charge in [0.15, 0.2) is 5.82 Å². The molecule has 23 heavy (non-hydrogen) atoms. The summed E-state index contributed by atoms with van der Waals surface area (Å²) >= 11 is 0. The van der Waals surface area contributed by atoms with Gasteiger partial charge in [-0.25, -0.2) is 0 Å². The molecule has 0 bridgehead atoms. The normalized spacial score (nSPS) is 23.4. The number of amides is 1. The van der Waals surface area contributed by atoms with Crippen LogP contribution >= 0.6 is 0 Å². The van der Waals surface area contributed by atoms with Gasteiger partial charge >= 0.3 is 0 Å². The van der Waals surface area contributed by atoms with Crippen LogP contribution in [0.15, 0.2) is 4.52 Å². The monoisotopic (exact) mass is 320 g/mol. The Kier molecular flexibility index (Phi) is 5.30. The summed E-state index contributed by atoms with van der Waals surface area (Å²) < 4.78 is 5.34. The summed E-state index contributed by atoms with van der Waals surface area (Å²) in [5.74, 6) is 2.19. The Labute approximate surface area is 138 Å². The highest BCUT2D eigenvalue weighted by Gasteiger charge is 2.30. The van der Waals surface area contributed by atoms with Crippen LogP contribution in [0.2, 0.25) is 0 Å². The van der Waals surface area contributed by atoms with E-state index in [1.165, 1.54) is 6.42 Å². The number of piperidine rings is 2. The van der Waals surface area contributed by atoms with Crippen LogP contribution in [0.4, 0.5) is 0 Å². The largest absolute Gasteiger partial charge is 0.342 e. The molecule has 0 saturated carbocycles. The van der Waals surface area contributed by atoms with Crippen molar-refractivity contribution in [2.45, 2.75) is 58.4 Å². The molecule has 0 radical (unpaired) electrons. The molecule has 128 valence electrons. The summed E-state index contributed by atoms with van der Waals surface area (Å²) in [6, 6.07) is 0. The highest BCUT2D eigenvalue weighted by atomic mass is 16.5. The first kappa shape index (κ1) is 16.4. The molecule has 2 aliphatic rings. The van der Waals surface area contributed by atoms with E-state index in [0.29, 0.717) is 18.3 Å². The Morgan fingerprint density at radius 2 is 2.00 bits per heavy atom. The van der Waals surface area contributed by atoms with Crippen LogP contribution in [-0.2, 0) is 11.3 Å². The highest BCUT2D eigenvalue weighted by molar-refractivity contribution is 5.79. The van der Waals surface area contributed by atoms with Crippen molar-refractivity contribution in [1.29, 1.82) is 0 Å². The first-order chi connectivity index (χ1) is 11.1. The van der Waals surface area contributed by atoms with Gasteiger partial charge in [-0.1, -0.05) is 19.0 Å². The Bertz CT molecular complexity index is 522. The molecule has 0 spiro atoms. The number of hydrogen-bond acceptors (Lipinski definition) is 5. The maximum Gasteiger partial charge on any atom is 0.240 e. The van der Waals surface area contributed by atoms with Crippen molar-refractivity contribution in [2.75, 3.05) is 26.2 Å². The van der Waals surface area contributed by atoms with E-state index in [1.807, 2.05) is 0 Å². The minimum atomic E-state index is 0.134. The lowest BCUT2D eigenvalue weighted by Gasteiger charge is -2.35. The molecule has 2 aliphatic heterocycles. The second-order valence-corrected chi connectivity index (χ2v) is 7.16. The van der Waals surface area contributed by atoms with E-state index in [0.717, 1.165) is 57.7 Å². The maximum absolute atomic E-state index is 12.7. The van der Waals surface area contributed by atoms with Crippen molar-refractivity contribution < 1.29 is 9.32 Å². The molecular formula is C17H28N4O2. The highest BCUT2D eigenvalue weighted by Crippen LogP contribution is 2.22. The van der Waals surface area contributed by atoms with E-state index in [1.54, 1.807) is 0 Å². The Balaban J connectivity index is 1.55. The zero-order valence-corrected chi connectivity index (χ0v) is 14.3. The van der Waals surface area contributed by atoms with Gasteiger partial charge in [0.05, 0.1) is 12.5 Å².